The number of aryl methyl sites for hydroxylation is 1. The maximum atomic E-state index is 12.1. The molecule has 1 rings (SSSR count). The van der Waals surface area contributed by atoms with Gasteiger partial charge in [-0.25, -0.2) is 4.98 Å². The molecular weight excluding hydrogens is 288 g/mol. The average Bonchev–Trinajstić information content (AvgIpc) is 2.43. The summed E-state index contributed by atoms with van der Waals surface area (Å²) in [5.41, 5.74) is -0.348. The Hall–Kier alpha value is -1.81. The molecule has 0 aliphatic rings. The second-order valence-corrected chi connectivity index (χ2v) is 6.17. The molecule has 7 heteroatoms. The third kappa shape index (κ3) is 4.90. The zero-order valence-electron chi connectivity index (χ0n) is 12.8. The van der Waals surface area contributed by atoms with Crippen molar-refractivity contribution in [2.45, 2.75) is 44.3 Å². The van der Waals surface area contributed by atoms with Crippen LogP contribution >= 0.6 is 11.8 Å². The molecule has 114 valence electrons. The molecule has 0 spiro atoms. The standard InChI is InChI=1S/C14H20N4O2S/c1-5-6-10-7-11(19)17-13(16-10)21-8-12(20)18(4)14(2,3)9-15/h7H,5-6,8H2,1-4H3,(H,16,17,19). The summed E-state index contributed by atoms with van der Waals surface area (Å²) < 4.78 is 0. The Morgan fingerprint density at radius 3 is 2.81 bits per heavy atom. The third-order valence-corrected chi connectivity index (χ3v) is 3.96. The molecule has 1 heterocycles. The van der Waals surface area contributed by atoms with E-state index in [1.165, 1.54) is 22.7 Å². The Labute approximate surface area is 128 Å². The molecule has 0 saturated carbocycles. The Morgan fingerprint density at radius 2 is 2.24 bits per heavy atom. The van der Waals surface area contributed by atoms with Crippen molar-refractivity contribution >= 4 is 17.7 Å². The molecule has 0 aliphatic heterocycles. The summed E-state index contributed by atoms with van der Waals surface area (Å²) in [4.78, 5) is 31.9. The van der Waals surface area contributed by atoms with Gasteiger partial charge >= 0.3 is 0 Å². The summed E-state index contributed by atoms with van der Waals surface area (Å²) in [6.45, 7) is 5.37. The van der Waals surface area contributed by atoms with Crippen LogP contribution < -0.4 is 5.56 Å². The fraction of sp³-hybridized carbons (Fsp3) is 0.571. The molecule has 0 atom stereocenters. The van der Waals surface area contributed by atoms with Crippen LogP contribution in [0.1, 0.15) is 32.9 Å². The summed E-state index contributed by atoms with van der Waals surface area (Å²) in [6, 6.07) is 3.55. The number of hydrogen-bond donors (Lipinski definition) is 1. The van der Waals surface area contributed by atoms with E-state index in [4.69, 9.17) is 5.26 Å². The van der Waals surface area contributed by atoms with E-state index in [1.807, 2.05) is 6.92 Å². The normalized spacial score (nSPS) is 11.0. The Balaban J connectivity index is 2.74. The first-order chi connectivity index (χ1) is 9.80. The quantitative estimate of drug-likeness (QED) is 0.636. The van der Waals surface area contributed by atoms with E-state index in [-0.39, 0.29) is 17.2 Å². The van der Waals surface area contributed by atoms with Crippen molar-refractivity contribution in [2.24, 2.45) is 0 Å². The lowest BCUT2D eigenvalue weighted by atomic mass is 10.1. The van der Waals surface area contributed by atoms with Gasteiger partial charge in [-0.2, -0.15) is 5.26 Å². The van der Waals surface area contributed by atoms with E-state index in [0.717, 1.165) is 18.5 Å². The van der Waals surface area contributed by atoms with E-state index in [9.17, 15) is 9.59 Å². The zero-order valence-corrected chi connectivity index (χ0v) is 13.6. The molecule has 0 bridgehead atoms. The number of hydrogen-bond acceptors (Lipinski definition) is 5. The first kappa shape index (κ1) is 17.2. The van der Waals surface area contributed by atoms with Crippen LogP contribution in [0.15, 0.2) is 16.0 Å². The van der Waals surface area contributed by atoms with Crippen LogP contribution in [0, 0.1) is 11.3 Å². The smallest absolute Gasteiger partial charge is 0.251 e. The summed E-state index contributed by atoms with van der Waals surface area (Å²) in [7, 11) is 1.59. The molecule has 0 aliphatic carbocycles. The average molecular weight is 308 g/mol. The van der Waals surface area contributed by atoms with Gasteiger partial charge in [-0.3, -0.25) is 9.59 Å². The Morgan fingerprint density at radius 1 is 1.57 bits per heavy atom. The number of nitriles is 1. The number of amides is 1. The van der Waals surface area contributed by atoms with Gasteiger partial charge < -0.3 is 9.88 Å². The van der Waals surface area contributed by atoms with Crippen molar-refractivity contribution in [2.75, 3.05) is 12.8 Å². The molecule has 1 N–H and O–H groups in total. The number of H-pyrrole nitrogens is 1. The molecule has 1 aromatic heterocycles. The molecule has 0 radical (unpaired) electrons. The van der Waals surface area contributed by atoms with Crippen molar-refractivity contribution in [1.29, 1.82) is 5.26 Å². The van der Waals surface area contributed by atoms with Gasteiger partial charge in [0.1, 0.15) is 5.54 Å². The summed E-state index contributed by atoms with van der Waals surface area (Å²) in [6.07, 6.45) is 1.63. The molecule has 6 nitrogen and oxygen atoms in total. The molecule has 21 heavy (non-hydrogen) atoms. The number of thioether (sulfide) groups is 1. The van der Waals surface area contributed by atoms with Gasteiger partial charge in [0.05, 0.1) is 11.8 Å². The number of carbonyl (C=O) groups excluding carboxylic acids is 1. The van der Waals surface area contributed by atoms with Crippen LogP contribution in [0.25, 0.3) is 0 Å². The van der Waals surface area contributed by atoms with Crippen LogP contribution in [-0.4, -0.2) is 39.1 Å². The SMILES string of the molecule is CCCc1cc(=O)[nH]c(SCC(=O)N(C)C(C)(C)C#N)n1. The number of carbonyl (C=O) groups is 1. The van der Waals surface area contributed by atoms with Crippen LogP contribution in [0.2, 0.25) is 0 Å². The molecule has 1 aromatic rings. The van der Waals surface area contributed by atoms with Crippen molar-refractivity contribution in [1.82, 2.24) is 14.9 Å². The van der Waals surface area contributed by atoms with Gasteiger partial charge in [0, 0.05) is 18.8 Å². The Bertz CT molecular complexity index is 604. The van der Waals surface area contributed by atoms with Gasteiger partial charge in [0.2, 0.25) is 5.91 Å². The van der Waals surface area contributed by atoms with E-state index < -0.39 is 5.54 Å². The van der Waals surface area contributed by atoms with E-state index in [1.54, 1.807) is 20.9 Å². The highest BCUT2D eigenvalue weighted by atomic mass is 32.2. The van der Waals surface area contributed by atoms with Crippen molar-refractivity contribution < 1.29 is 4.79 Å². The number of nitrogens with zero attached hydrogens (tertiary/aromatic N) is 3. The molecule has 0 aromatic carbocycles. The second kappa shape index (κ2) is 7.27. The summed E-state index contributed by atoms with van der Waals surface area (Å²) in [5, 5.41) is 9.45. The maximum Gasteiger partial charge on any atom is 0.251 e. The lowest BCUT2D eigenvalue weighted by Gasteiger charge is -2.28. The van der Waals surface area contributed by atoms with Gasteiger partial charge in [0.25, 0.3) is 5.56 Å². The van der Waals surface area contributed by atoms with Gasteiger partial charge in [0.15, 0.2) is 5.16 Å². The fourth-order valence-electron chi connectivity index (χ4n) is 1.55. The number of aromatic nitrogens is 2. The second-order valence-electron chi connectivity index (χ2n) is 5.20. The Kier molecular flexibility index (Phi) is 5.97. The van der Waals surface area contributed by atoms with Crippen molar-refractivity contribution in [3.8, 4) is 6.07 Å². The van der Waals surface area contributed by atoms with Crippen LogP contribution in [0.4, 0.5) is 0 Å². The molecule has 0 fully saturated rings. The molecular formula is C14H20N4O2S. The highest BCUT2D eigenvalue weighted by molar-refractivity contribution is 7.99. The molecule has 0 saturated heterocycles. The highest BCUT2D eigenvalue weighted by Crippen LogP contribution is 2.16. The number of aromatic amines is 1. The zero-order chi connectivity index (χ0) is 16.0. The summed E-state index contributed by atoms with van der Waals surface area (Å²) in [5.74, 6) is -0.0600. The van der Waals surface area contributed by atoms with Crippen molar-refractivity contribution in [3.05, 3.63) is 22.1 Å². The number of nitrogens with one attached hydrogen (secondary N) is 1. The summed E-state index contributed by atoms with van der Waals surface area (Å²) >= 11 is 1.17. The predicted molar refractivity (Wildman–Crippen MR) is 82.0 cm³/mol. The van der Waals surface area contributed by atoms with Gasteiger partial charge in [-0.1, -0.05) is 25.1 Å². The topological polar surface area (TPSA) is 89.9 Å². The monoisotopic (exact) mass is 308 g/mol. The minimum Gasteiger partial charge on any atom is -0.327 e. The van der Waals surface area contributed by atoms with Crippen LogP contribution in [0.5, 0.6) is 0 Å². The number of rotatable bonds is 6. The first-order valence-electron chi connectivity index (χ1n) is 6.71. The van der Waals surface area contributed by atoms with E-state index >= 15 is 0 Å². The van der Waals surface area contributed by atoms with Crippen LogP contribution in [-0.2, 0) is 11.2 Å². The predicted octanol–water partition coefficient (Wildman–Crippen LogP) is 1.58. The fourth-order valence-corrected chi connectivity index (χ4v) is 2.36. The maximum absolute atomic E-state index is 12.1. The van der Waals surface area contributed by atoms with E-state index in [2.05, 4.69) is 16.0 Å². The minimum atomic E-state index is -0.859. The van der Waals surface area contributed by atoms with Crippen LogP contribution in [0.3, 0.4) is 0 Å². The lowest BCUT2D eigenvalue weighted by Crippen LogP contribution is -2.44. The van der Waals surface area contributed by atoms with E-state index in [0.29, 0.717) is 5.16 Å². The molecule has 0 unspecified atom stereocenters. The lowest BCUT2D eigenvalue weighted by molar-refractivity contribution is -0.130. The highest BCUT2D eigenvalue weighted by Gasteiger charge is 2.27. The first-order valence-corrected chi connectivity index (χ1v) is 7.69. The van der Waals surface area contributed by atoms with Gasteiger partial charge in [-0.15, -0.1) is 0 Å². The molecule has 1 amide bonds. The van der Waals surface area contributed by atoms with Crippen molar-refractivity contribution in [3.63, 3.8) is 0 Å². The largest absolute Gasteiger partial charge is 0.327 e. The third-order valence-electron chi connectivity index (χ3n) is 3.10. The minimum absolute atomic E-state index is 0.125. The van der Waals surface area contributed by atoms with Gasteiger partial charge in [-0.05, 0) is 20.3 Å².